The first-order chi connectivity index (χ1) is 15.5. The average Bonchev–Trinajstić information content (AvgIpc) is 3.04. The Bertz CT molecular complexity index is 877. The highest BCUT2D eigenvalue weighted by Gasteiger charge is 2.53. The summed E-state index contributed by atoms with van der Waals surface area (Å²) in [5.74, 6) is -0.398. The van der Waals surface area contributed by atoms with Crippen LogP contribution in [0, 0.1) is 5.92 Å². The highest BCUT2D eigenvalue weighted by atomic mass is 31.2. The standard InChI is InChI=1S/C20H18NO6P.2C2H6/c1-13-16-12-17(22)21(16)18(20(23)24)19(13)27-28(25-14-8-4-2-5-9-14)26-15-10-6-3-7-11-15;2*1-2/h2-11,13,16H,12H2,1H3,(H,23,24);2*1-2H3. The molecule has 0 saturated carbocycles. The van der Waals surface area contributed by atoms with Gasteiger partial charge >= 0.3 is 14.6 Å². The number of carboxylic acids is 1. The lowest BCUT2D eigenvalue weighted by Crippen LogP contribution is -2.51. The molecule has 2 heterocycles. The molecule has 2 aromatic carbocycles. The number of hydrogen-bond donors (Lipinski definition) is 1. The van der Waals surface area contributed by atoms with Crippen LogP contribution in [-0.4, -0.2) is 27.9 Å². The van der Waals surface area contributed by atoms with Crippen molar-refractivity contribution in [2.75, 3.05) is 0 Å². The normalized spacial score (nSPS) is 18.4. The number of nitrogens with zero attached hydrogens (tertiary/aromatic N) is 1. The molecule has 2 aliphatic rings. The predicted octanol–water partition coefficient (Wildman–Crippen LogP) is 5.99. The van der Waals surface area contributed by atoms with Gasteiger partial charge in [0.25, 0.3) is 0 Å². The third kappa shape index (κ3) is 5.60. The molecule has 1 N–H and O–H groups in total. The third-order valence-corrected chi connectivity index (χ3v) is 5.74. The molecule has 2 aromatic rings. The maximum Gasteiger partial charge on any atom is 0.530 e. The van der Waals surface area contributed by atoms with Crippen LogP contribution in [0.3, 0.4) is 0 Å². The van der Waals surface area contributed by atoms with Crippen LogP contribution in [0.1, 0.15) is 41.0 Å². The van der Waals surface area contributed by atoms with Gasteiger partial charge in [-0.25, -0.2) is 4.79 Å². The Kier molecular flexibility index (Phi) is 9.54. The van der Waals surface area contributed by atoms with Gasteiger partial charge in [0.15, 0.2) is 5.70 Å². The van der Waals surface area contributed by atoms with Crippen LogP contribution in [0.25, 0.3) is 0 Å². The predicted molar refractivity (Wildman–Crippen MR) is 124 cm³/mol. The molecular formula is C24H30NO6P. The van der Waals surface area contributed by atoms with Gasteiger partial charge in [-0.05, 0) is 24.3 Å². The van der Waals surface area contributed by atoms with Crippen LogP contribution >= 0.6 is 8.60 Å². The molecule has 0 spiro atoms. The number of hydrogen-bond acceptors (Lipinski definition) is 5. The van der Waals surface area contributed by atoms with Gasteiger partial charge in [-0.3, -0.25) is 9.69 Å². The SMILES string of the molecule is CC.CC.CC1C(OP(Oc2ccccc2)Oc2ccccc2)=C(C(=O)O)N2C(=O)CC12. The van der Waals surface area contributed by atoms with E-state index in [1.165, 1.54) is 4.90 Å². The van der Waals surface area contributed by atoms with Crippen molar-refractivity contribution >= 4 is 20.5 Å². The number of β-lactam (4-membered cyclic amide) rings is 1. The summed E-state index contributed by atoms with van der Waals surface area (Å²) >= 11 is 0. The van der Waals surface area contributed by atoms with Crippen LogP contribution in [-0.2, 0) is 14.1 Å². The molecule has 2 aliphatic heterocycles. The molecule has 2 unspecified atom stereocenters. The molecule has 0 aromatic heterocycles. The summed E-state index contributed by atoms with van der Waals surface area (Å²) in [4.78, 5) is 25.0. The maximum atomic E-state index is 11.9. The number of amides is 1. The quantitative estimate of drug-likeness (QED) is 0.405. The molecule has 0 radical (unpaired) electrons. The van der Waals surface area contributed by atoms with Crippen molar-refractivity contribution in [3.63, 3.8) is 0 Å². The minimum absolute atomic E-state index is 0.130. The molecular weight excluding hydrogens is 429 g/mol. The molecule has 1 saturated heterocycles. The summed E-state index contributed by atoms with van der Waals surface area (Å²) in [5.41, 5.74) is -0.130. The van der Waals surface area contributed by atoms with E-state index in [9.17, 15) is 14.7 Å². The lowest BCUT2D eigenvalue weighted by atomic mass is 9.93. The fraction of sp³-hybridized carbons (Fsp3) is 0.333. The summed E-state index contributed by atoms with van der Waals surface area (Å²) in [6, 6.07) is 17.8. The molecule has 4 rings (SSSR count). The fourth-order valence-corrected chi connectivity index (χ4v) is 4.36. The van der Waals surface area contributed by atoms with Gasteiger partial charge in [-0.1, -0.05) is 71.0 Å². The van der Waals surface area contributed by atoms with Crippen molar-refractivity contribution in [1.29, 1.82) is 0 Å². The Hall–Kier alpha value is -3.05. The van der Waals surface area contributed by atoms with Crippen molar-refractivity contribution in [2.45, 2.75) is 47.1 Å². The smallest absolute Gasteiger partial charge is 0.476 e. The number of rotatable bonds is 7. The zero-order valence-electron chi connectivity index (χ0n) is 19.0. The summed E-state index contributed by atoms with van der Waals surface area (Å²) in [7, 11) is -1.99. The van der Waals surface area contributed by atoms with Crippen molar-refractivity contribution in [1.82, 2.24) is 4.90 Å². The van der Waals surface area contributed by atoms with E-state index in [0.717, 1.165) is 0 Å². The molecule has 1 fully saturated rings. The van der Waals surface area contributed by atoms with Gasteiger partial charge in [0.05, 0.1) is 6.04 Å². The summed E-state index contributed by atoms with van der Waals surface area (Å²) in [6.45, 7) is 9.84. The highest BCUT2D eigenvalue weighted by molar-refractivity contribution is 7.42. The Morgan fingerprint density at radius 2 is 1.38 bits per heavy atom. The van der Waals surface area contributed by atoms with E-state index < -0.39 is 14.6 Å². The minimum Gasteiger partial charge on any atom is -0.476 e. The van der Waals surface area contributed by atoms with E-state index in [0.29, 0.717) is 17.9 Å². The number of benzene rings is 2. The summed E-state index contributed by atoms with van der Waals surface area (Å²) in [6.07, 6.45) is 0.307. The van der Waals surface area contributed by atoms with Crippen molar-refractivity contribution in [2.24, 2.45) is 5.92 Å². The van der Waals surface area contributed by atoms with E-state index in [4.69, 9.17) is 13.6 Å². The number of carbonyl (C=O) groups excluding carboxylic acids is 1. The van der Waals surface area contributed by atoms with Gasteiger partial charge in [0, 0.05) is 12.3 Å². The number of para-hydroxylation sites is 2. The maximum absolute atomic E-state index is 11.9. The fourth-order valence-electron chi connectivity index (χ4n) is 3.25. The van der Waals surface area contributed by atoms with E-state index in [1.54, 1.807) is 24.3 Å². The molecule has 0 aliphatic carbocycles. The van der Waals surface area contributed by atoms with Crippen LogP contribution in [0.15, 0.2) is 72.1 Å². The Balaban J connectivity index is 0.000000860. The lowest BCUT2D eigenvalue weighted by molar-refractivity contribution is -0.148. The topological polar surface area (TPSA) is 85.3 Å². The molecule has 7 nitrogen and oxygen atoms in total. The van der Waals surface area contributed by atoms with Gasteiger partial charge in [0.2, 0.25) is 5.91 Å². The Morgan fingerprint density at radius 1 is 0.906 bits per heavy atom. The monoisotopic (exact) mass is 459 g/mol. The first-order valence-corrected chi connectivity index (χ1v) is 11.9. The first-order valence-electron chi connectivity index (χ1n) is 10.8. The highest BCUT2D eigenvalue weighted by Crippen LogP contribution is 2.50. The van der Waals surface area contributed by atoms with Gasteiger partial charge < -0.3 is 18.7 Å². The van der Waals surface area contributed by atoms with E-state index in [2.05, 4.69) is 0 Å². The summed E-state index contributed by atoms with van der Waals surface area (Å²) in [5, 5.41) is 9.63. The number of aliphatic carboxylic acids is 1. The molecule has 1 amide bonds. The molecule has 2 atom stereocenters. The van der Waals surface area contributed by atoms with E-state index >= 15 is 0 Å². The van der Waals surface area contributed by atoms with Crippen molar-refractivity contribution in [3.05, 3.63) is 72.1 Å². The second kappa shape index (κ2) is 12.1. The second-order valence-electron chi connectivity index (χ2n) is 6.47. The van der Waals surface area contributed by atoms with E-state index in [1.807, 2.05) is 71.0 Å². The number of fused-ring (bicyclic) bond motifs is 1. The minimum atomic E-state index is -1.99. The van der Waals surface area contributed by atoms with Crippen LogP contribution in [0.2, 0.25) is 0 Å². The molecule has 172 valence electrons. The van der Waals surface area contributed by atoms with Crippen LogP contribution < -0.4 is 9.05 Å². The Labute approximate surface area is 190 Å². The van der Waals surface area contributed by atoms with E-state index in [-0.39, 0.29) is 29.3 Å². The van der Waals surface area contributed by atoms with Crippen LogP contribution in [0.5, 0.6) is 11.5 Å². The zero-order chi connectivity index (χ0) is 23.7. The van der Waals surface area contributed by atoms with Gasteiger partial charge in [0.1, 0.15) is 17.3 Å². The number of carbonyl (C=O) groups is 2. The average molecular weight is 459 g/mol. The summed E-state index contributed by atoms with van der Waals surface area (Å²) < 4.78 is 17.7. The third-order valence-electron chi connectivity index (χ3n) is 4.67. The largest absolute Gasteiger partial charge is 0.530 e. The van der Waals surface area contributed by atoms with Gasteiger partial charge in [-0.2, -0.15) is 0 Å². The lowest BCUT2D eigenvalue weighted by Gasteiger charge is -2.36. The van der Waals surface area contributed by atoms with Crippen LogP contribution in [0.4, 0.5) is 0 Å². The Morgan fingerprint density at radius 3 is 1.78 bits per heavy atom. The van der Waals surface area contributed by atoms with Crippen molar-refractivity contribution < 1.29 is 28.3 Å². The molecule has 0 bridgehead atoms. The number of carboxylic acid groups (broad SMARTS) is 1. The van der Waals surface area contributed by atoms with Gasteiger partial charge in [-0.15, -0.1) is 0 Å². The molecule has 32 heavy (non-hydrogen) atoms. The first kappa shape index (κ1) is 25.2. The second-order valence-corrected chi connectivity index (χ2v) is 7.46. The van der Waals surface area contributed by atoms with Crippen molar-refractivity contribution in [3.8, 4) is 11.5 Å². The zero-order valence-corrected chi connectivity index (χ0v) is 19.9. The molecule has 8 heteroatoms.